The first-order valence-electron chi connectivity index (χ1n) is 8.95. The van der Waals surface area contributed by atoms with Gasteiger partial charge in [0.2, 0.25) is 0 Å². The van der Waals surface area contributed by atoms with Gasteiger partial charge in [0.1, 0.15) is 12.4 Å². The molecule has 0 aliphatic rings. The first-order valence-corrected chi connectivity index (χ1v) is 8.95. The van der Waals surface area contributed by atoms with E-state index in [1.165, 1.54) is 24.3 Å². The molecular formula is C22H20FNO4. The molecule has 0 aliphatic heterocycles. The number of aromatic nitrogens is 1. The molecule has 0 aliphatic carbocycles. The van der Waals surface area contributed by atoms with Crippen molar-refractivity contribution in [3.05, 3.63) is 76.7 Å². The van der Waals surface area contributed by atoms with Crippen molar-refractivity contribution in [1.29, 1.82) is 0 Å². The van der Waals surface area contributed by atoms with Crippen molar-refractivity contribution < 1.29 is 23.5 Å². The molecule has 0 spiro atoms. The SMILES string of the molecule is CCOC(=O)c1c(COC(=O)Cc2ccc(F)cc2)nc2ccccc2c1C. The Morgan fingerprint density at radius 1 is 1.04 bits per heavy atom. The fraction of sp³-hybridized carbons (Fsp3) is 0.227. The molecule has 0 atom stereocenters. The Morgan fingerprint density at radius 3 is 2.46 bits per heavy atom. The average molecular weight is 381 g/mol. The molecule has 0 bridgehead atoms. The molecule has 0 unspecified atom stereocenters. The Morgan fingerprint density at radius 2 is 1.75 bits per heavy atom. The molecule has 0 N–H and O–H groups in total. The lowest BCUT2D eigenvalue weighted by Gasteiger charge is -2.14. The van der Waals surface area contributed by atoms with Crippen molar-refractivity contribution >= 4 is 22.8 Å². The van der Waals surface area contributed by atoms with Crippen molar-refractivity contribution in [3.63, 3.8) is 0 Å². The van der Waals surface area contributed by atoms with Crippen molar-refractivity contribution in [2.24, 2.45) is 0 Å². The zero-order valence-electron chi connectivity index (χ0n) is 15.7. The molecule has 144 valence electrons. The third-order valence-electron chi connectivity index (χ3n) is 4.34. The summed E-state index contributed by atoms with van der Waals surface area (Å²) in [5.41, 5.74) is 2.74. The number of fused-ring (bicyclic) bond motifs is 1. The van der Waals surface area contributed by atoms with E-state index in [1.54, 1.807) is 6.92 Å². The van der Waals surface area contributed by atoms with Crippen molar-refractivity contribution in [2.45, 2.75) is 26.9 Å². The van der Waals surface area contributed by atoms with Crippen LogP contribution >= 0.6 is 0 Å². The molecule has 3 rings (SSSR count). The van der Waals surface area contributed by atoms with Crippen molar-refractivity contribution in [2.75, 3.05) is 6.61 Å². The Kier molecular flexibility index (Phi) is 5.99. The predicted octanol–water partition coefficient (Wildman–Crippen LogP) is 4.14. The highest BCUT2D eigenvalue weighted by Crippen LogP contribution is 2.24. The number of hydrogen-bond acceptors (Lipinski definition) is 5. The zero-order valence-corrected chi connectivity index (χ0v) is 15.7. The molecule has 3 aromatic rings. The maximum absolute atomic E-state index is 13.0. The van der Waals surface area contributed by atoms with Crippen LogP contribution in [0.1, 0.15) is 34.1 Å². The number of hydrogen-bond donors (Lipinski definition) is 0. The lowest BCUT2D eigenvalue weighted by molar-refractivity contribution is -0.144. The van der Waals surface area contributed by atoms with Crippen LogP contribution in [-0.4, -0.2) is 23.5 Å². The van der Waals surface area contributed by atoms with Gasteiger partial charge in [-0.2, -0.15) is 0 Å². The molecular weight excluding hydrogens is 361 g/mol. The monoisotopic (exact) mass is 381 g/mol. The largest absolute Gasteiger partial charge is 0.462 e. The summed E-state index contributed by atoms with van der Waals surface area (Å²) in [6.45, 7) is 3.62. The van der Waals surface area contributed by atoms with Crippen LogP contribution in [-0.2, 0) is 27.3 Å². The summed E-state index contributed by atoms with van der Waals surface area (Å²) in [7, 11) is 0. The number of rotatable bonds is 6. The summed E-state index contributed by atoms with van der Waals surface area (Å²) in [6.07, 6.45) is 0.00157. The van der Waals surface area contributed by atoms with Gasteiger partial charge in [-0.05, 0) is 43.2 Å². The van der Waals surface area contributed by atoms with Gasteiger partial charge in [0.25, 0.3) is 0 Å². The highest BCUT2D eigenvalue weighted by Gasteiger charge is 2.21. The number of esters is 2. The molecule has 6 heteroatoms. The normalized spacial score (nSPS) is 10.7. The minimum absolute atomic E-state index is 0.00157. The zero-order chi connectivity index (χ0) is 20.1. The number of aryl methyl sites for hydroxylation is 1. The number of halogens is 1. The molecule has 1 aromatic heterocycles. The lowest BCUT2D eigenvalue weighted by atomic mass is 10.0. The first kappa shape index (κ1) is 19.5. The van der Waals surface area contributed by atoms with Gasteiger partial charge in [0, 0.05) is 5.39 Å². The maximum Gasteiger partial charge on any atom is 0.340 e. The van der Waals surface area contributed by atoms with Gasteiger partial charge in [-0.1, -0.05) is 30.3 Å². The Balaban J connectivity index is 1.84. The van der Waals surface area contributed by atoms with Gasteiger partial charge >= 0.3 is 11.9 Å². The quantitative estimate of drug-likeness (QED) is 0.600. The van der Waals surface area contributed by atoms with E-state index >= 15 is 0 Å². The van der Waals surface area contributed by atoms with Crippen molar-refractivity contribution in [1.82, 2.24) is 4.98 Å². The van der Waals surface area contributed by atoms with Gasteiger partial charge in [0.05, 0.1) is 29.8 Å². The first-order chi connectivity index (χ1) is 13.5. The van der Waals surface area contributed by atoms with Crippen LogP contribution in [0.2, 0.25) is 0 Å². The van der Waals surface area contributed by atoms with Crippen molar-refractivity contribution in [3.8, 4) is 0 Å². The topological polar surface area (TPSA) is 65.5 Å². The predicted molar refractivity (Wildman–Crippen MR) is 102 cm³/mol. The van der Waals surface area contributed by atoms with E-state index in [2.05, 4.69) is 4.98 Å². The van der Waals surface area contributed by atoms with Crippen LogP contribution in [0.4, 0.5) is 4.39 Å². The van der Waals surface area contributed by atoms with Crippen LogP contribution in [0.25, 0.3) is 10.9 Å². The number of benzene rings is 2. The van der Waals surface area contributed by atoms with Crippen LogP contribution in [0.15, 0.2) is 48.5 Å². The fourth-order valence-corrected chi connectivity index (χ4v) is 2.99. The summed E-state index contributed by atoms with van der Waals surface area (Å²) < 4.78 is 23.5. The molecule has 28 heavy (non-hydrogen) atoms. The van der Waals surface area contributed by atoms with Gasteiger partial charge in [-0.25, -0.2) is 14.2 Å². The second kappa shape index (κ2) is 8.61. The van der Waals surface area contributed by atoms with E-state index in [1.807, 2.05) is 31.2 Å². The third-order valence-corrected chi connectivity index (χ3v) is 4.34. The summed E-state index contributed by atoms with van der Waals surface area (Å²) in [5.74, 6) is -1.36. The lowest BCUT2D eigenvalue weighted by Crippen LogP contribution is -2.15. The van der Waals surface area contributed by atoms with Crippen LogP contribution < -0.4 is 0 Å². The number of ether oxygens (including phenoxy) is 2. The Labute approximate surface area is 162 Å². The van der Waals surface area contributed by atoms with Gasteiger partial charge in [0.15, 0.2) is 0 Å². The molecule has 0 amide bonds. The number of nitrogens with zero attached hydrogens (tertiary/aromatic N) is 1. The second-order valence-corrected chi connectivity index (χ2v) is 6.26. The molecule has 0 fully saturated rings. The summed E-state index contributed by atoms with van der Waals surface area (Å²) in [5, 5.41) is 0.840. The fourth-order valence-electron chi connectivity index (χ4n) is 2.99. The molecule has 2 aromatic carbocycles. The van der Waals surface area contributed by atoms with Crippen LogP contribution in [0.5, 0.6) is 0 Å². The van der Waals surface area contributed by atoms with E-state index in [0.29, 0.717) is 22.3 Å². The molecule has 1 heterocycles. The highest BCUT2D eigenvalue weighted by atomic mass is 19.1. The standard InChI is InChI=1S/C22H20FNO4/c1-3-27-22(26)21-14(2)17-6-4-5-7-18(17)24-19(21)13-28-20(25)12-15-8-10-16(23)11-9-15/h4-11H,3,12-13H2,1-2H3. The summed E-state index contributed by atoms with van der Waals surface area (Å²) in [4.78, 5) is 29.1. The van der Waals surface area contributed by atoms with Gasteiger partial charge in [-0.3, -0.25) is 4.79 Å². The number of para-hydroxylation sites is 1. The maximum atomic E-state index is 13.0. The van der Waals surface area contributed by atoms with Crippen LogP contribution in [0, 0.1) is 12.7 Å². The summed E-state index contributed by atoms with van der Waals surface area (Å²) in [6, 6.07) is 13.1. The number of carbonyl (C=O) groups excluding carboxylic acids is 2. The Bertz CT molecular complexity index is 1010. The molecule has 0 saturated heterocycles. The average Bonchev–Trinajstić information content (AvgIpc) is 2.68. The van der Waals surface area contributed by atoms with Gasteiger partial charge < -0.3 is 9.47 Å². The Hall–Kier alpha value is -3.28. The molecule has 0 saturated carbocycles. The smallest absolute Gasteiger partial charge is 0.340 e. The van der Waals surface area contributed by atoms with E-state index in [0.717, 1.165) is 10.9 Å². The third kappa shape index (κ3) is 4.34. The minimum Gasteiger partial charge on any atom is -0.462 e. The minimum atomic E-state index is -0.497. The summed E-state index contributed by atoms with van der Waals surface area (Å²) >= 11 is 0. The second-order valence-electron chi connectivity index (χ2n) is 6.26. The van der Waals surface area contributed by atoms with E-state index in [4.69, 9.17) is 9.47 Å². The number of carbonyl (C=O) groups is 2. The van der Waals surface area contributed by atoms with E-state index in [-0.39, 0.29) is 25.5 Å². The van der Waals surface area contributed by atoms with Crippen LogP contribution in [0.3, 0.4) is 0 Å². The highest BCUT2D eigenvalue weighted by molar-refractivity contribution is 5.98. The van der Waals surface area contributed by atoms with E-state index < -0.39 is 11.9 Å². The molecule has 0 radical (unpaired) electrons. The van der Waals surface area contributed by atoms with E-state index in [9.17, 15) is 14.0 Å². The van der Waals surface area contributed by atoms with Gasteiger partial charge in [-0.15, -0.1) is 0 Å². The molecule has 5 nitrogen and oxygen atoms in total. The number of pyridine rings is 1.